The van der Waals surface area contributed by atoms with Crippen LogP contribution >= 0.6 is 0 Å². The first-order valence-corrected chi connectivity index (χ1v) is 9.27. The zero-order chi connectivity index (χ0) is 17.5. The summed E-state index contributed by atoms with van der Waals surface area (Å²) in [5.74, 6) is 2.14. The van der Waals surface area contributed by atoms with Crippen LogP contribution in [0.1, 0.15) is 73.6 Å². The summed E-state index contributed by atoms with van der Waals surface area (Å²) in [6.07, 6.45) is 14.1. The summed E-state index contributed by atoms with van der Waals surface area (Å²) < 4.78 is 11.5. The zero-order valence-corrected chi connectivity index (χ0v) is 16.1. The van der Waals surface area contributed by atoms with Crippen LogP contribution in [0.5, 0.6) is 0 Å². The fourth-order valence-corrected chi connectivity index (χ4v) is 2.29. The highest BCUT2D eigenvalue weighted by atomic mass is 16.5. The maximum Gasteiger partial charge on any atom is 0.118 e. The Morgan fingerprint density at radius 3 is 1.65 bits per heavy atom. The van der Waals surface area contributed by atoms with Gasteiger partial charge in [-0.25, -0.2) is 0 Å². The highest BCUT2D eigenvalue weighted by Gasteiger charge is 2.07. The summed E-state index contributed by atoms with van der Waals surface area (Å²) in [6.45, 7) is 13.8. The first-order chi connectivity index (χ1) is 11.3. The summed E-state index contributed by atoms with van der Waals surface area (Å²) in [4.78, 5) is 0. The molecule has 2 nitrogen and oxygen atoms in total. The van der Waals surface area contributed by atoms with Crippen LogP contribution in [-0.2, 0) is 9.47 Å². The molecule has 0 N–H and O–H groups in total. The van der Waals surface area contributed by atoms with Crippen LogP contribution in [-0.4, -0.2) is 13.2 Å². The van der Waals surface area contributed by atoms with Gasteiger partial charge in [-0.2, -0.15) is 0 Å². The Balaban J connectivity index is 0.00000112. The van der Waals surface area contributed by atoms with Crippen molar-refractivity contribution >= 4 is 0 Å². The first-order valence-electron chi connectivity index (χ1n) is 9.27. The van der Waals surface area contributed by atoms with Gasteiger partial charge in [-0.15, -0.1) is 0 Å². The lowest BCUT2D eigenvalue weighted by molar-refractivity contribution is 0.178. The Morgan fingerprint density at radius 1 is 0.696 bits per heavy atom. The summed E-state index contributed by atoms with van der Waals surface area (Å²) in [5.41, 5.74) is 2.55. The van der Waals surface area contributed by atoms with Crippen molar-refractivity contribution in [2.24, 2.45) is 0 Å². The fraction of sp³-hybridized carbons (Fsp3) is 0.619. The Labute approximate surface area is 144 Å². The number of hydrogen-bond acceptors (Lipinski definition) is 2. The van der Waals surface area contributed by atoms with Gasteiger partial charge in [-0.3, -0.25) is 0 Å². The van der Waals surface area contributed by atoms with Gasteiger partial charge in [0.1, 0.15) is 11.5 Å². The molecule has 23 heavy (non-hydrogen) atoms. The average molecular weight is 321 g/mol. The standard InChI is InChI=1S/C17H24O2.2C2H6/c1-14-8-3-4-10-16(14)18-12-5-6-13-19-17-11-7-9-15(17)2;2*1-2/h8-11H,3-7,12-13H2,1-2H3;2*1-2H3. The second-order valence-electron chi connectivity index (χ2n) is 5.13. The third-order valence-electron chi connectivity index (χ3n) is 3.51. The monoisotopic (exact) mass is 320 g/mol. The van der Waals surface area contributed by atoms with Crippen LogP contribution in [0.4, 0.5) is 0 Å². The molecule has 0 aromatic carbocycles. The summed E-state index contributed by atoms with van der Waals surface area (Å²) in [5, 5.41) is 0. The molecule has 0 aliphatic heterocycles. The Hall–Kier alpha value is -1.44. The van der Waals surface area contributed by atoms with Crippen molar-refractivity contribution in [1.29, 1.82) is 0 Å². The van der Waals surface area contributed by atoms with Crippen molar-refractivity contribution in [3.63, 3.8) is 0 Å². The molecule has 0 spiro atoms. The van der Waals surface area contributed by atoms with Crippen molar-refractivity contribution in [2.75, 3.05) is 13.2 Å². The maximum atomic E-state index is 5.80. The predicted octanol–water partition coefficient (Wildman–Crippen LogP) is 6.71. The van der Waals surface area contributed by atoms with Gasteiger partial charge in [0, 0.05) is 0 Å². The fourth-order valence-electron chi connectivity index (χ4n) is 2.29. The van der Waals surface area contributed by atoms with E-state index in [2.05, 4.69) is 38.2 Å². The van der Waals surface area contributed by atoms with E-state index in [-0.39, 0.29) is 0 Å². The molecule has 2 aliphatic carbocycles. The number of unbranched alkanes of at least 4 members (excludes halogenated alkanes) is 1. The molecule has 0 saturated heterocycles. The second-order valence-corrected chi connectivity index (χ2v) is 5.13. The largest absolute Gasteiger partial charge is 0.494 e. The van der Waals surface area contributed by atoms with Crippen LogP contribution in [0.25, 0.3) is 0 Å². The molecule has 2 rings (SSSR count). The van der Waals surface area contributed by atoms with Gasteiger partial charge in [0.2, 0.25) is 0 Å². The van der Waals surface area contributed by atoms with Gasteiger partial charge in [0.05, 0.1) is 13.2 Å². The number of ether oxygens (including phenoxy) is 2. The first kappa shape index (κ1) is 21.6. The van der Waals surface area contributed by atoms with Crippen molar-refractivity contribution < 1.29 is 9.47 Å². The van der Waals surface area contributed by atoms with Gasteiger partial charge < -0.3 is 9.47 Å². The molecule has 0 radical (unpaired) electrons. The molecule has 0 bridgehead atoms. The lowest BCUT2D eigenvalue weighted by atomic mass is 10.1. The number of rotatable bonds is 7. The molecule has 0 amide bonds. The molecule has 0 saturated carbocycles. The molecular weight excluding hydrogens is 284 g/mol. The van der Waals surface area contributed by atoms with Crippen LogP contribution in [0, 0.1) is 0 Å². The van der Waals surface area contributed by atoms with E-state index in [0.717, 1.165) is 56.8 Å². The van der Waals surface area contributed by atoms with E-state index < -0.39 is 0 Å². The molecule has 0 aromatic heterocycles. The quantitative estimate of drug-likeness (QED) is 0.485. The predicted molar refractivity (Wildman–Crippen MR) is 101 cm³/mol. The average Bonchev–Trinajstić information content (AvgIpc) is 3.01. The van der Waals surface area contributed by atoms with E-state index in [4.69, 9.17) is 9.47 Å². The van der Waals surface area contributed by atoms with Crippen molar-refractivity contribution in [2.45, 2.75) is 73.6 Å². The molecule has 2 heteroatoms. The van der Waals surface area contributed by atoms with Gasteiger partial charge in [0.15, 0.2) is 0 Å². The van der Waals surface area contributed by atoms with Crippen molar-refractivity contribution in [3.8, 4) is 0 Å². The van der Waals surface area contributed by atoms with E-state index in [0.29, 0.717) is 0 Å². The molecule has 132 valence electrons. The molecule has 0 atom stereocenters. The molecule has 0 heterocycles. The minimum Gasteiger partial charge on any atom is -0.494 e. The molecule has 0 fully saturated rings. The Bertz CT molecular complexity index is 425. The third kappa shape index (κ3) is 8.68. The van der Waals surface area contributed by atoms with Crippen LogP contribution in [0.15, 0.2) is 47.0 Å². The van der Waals surface area contributed by atoms with Crippen LogP contribution in [0.3, 0.4) is 0 Å². The molecule has 0 unspecified atom stereocenters. The van der Waals surface area contributed by atoms with Gasteiger partial charge in [-0.05, 0) is 69.2 Å². The van der Waals surface area contributed by atoms with E-state index in [9.17, 15) is 0 Å². The van der Waals surface area contributed by atoms with Gasteiger partial charge in [0.25, 0.3) is 0 Å². The smallest absolute Gasteiger partial charge is 0.118 e. The van der Waals surface area contributed by atoms with Gasteiger partial charge >= 0.3 is 0 Å². The third-order valence-corrected chi connectivity index (χ3v) is 3.51. The molecule has 2 aliphatic rings. The summed E-state index contributed by atoms with van der Waals surface area (Å²) in [7, 11) is 0. The molecule has 0 aromatic rings. The van der Waals surface area contributed by atoms with Gasteiger partial charge in [-0.1, -0.05) is 39.8 Å². The SMILES string of the molecule is CC.CC.CC1=CCC=C1OCCCCOC1=CCCC=C1C. The minimum absolute atomic E-state index is 0.786. The van der Waals surface area contributed by atoms with Crippen LogP contribution in [0.2, 0.25) is 0 Å². The summed E-state index contributed by atoms with van der Waals surface area (Å²) >= 11 is 0. The van der Waals surface area contributed by atoms with E-state index in [1.165, 1.54) is 11.1 Å². The normalized spacial score (nSPS) is 15.7. The minimum atomic E-state index is 0.786. The topological polar surface area (TPSA) is 18.5 Å². The lowest BCUT2D eigenvalue weighted by Crippen LogP contribution is -2.02. The number of allylic oxidation sites excluding steroid dienone is 6. The second kappa shape index (κ2) is 14.2. The maximum absolute atomic E-state index is 5.80. The molecular formula is C21H36O2. The van der Waals surface area contributed by atoms with E-state index in [1.807, 2.05) is 27.7 Å². The van der Waals surface area contributed by atoms with E-state index >= 15 is 0 Å². The van der Waals surface area contributed by atoms with E-state index in [1.54, 1.807) is 0 Å². The summed E-state index contributed by atoms with van der Waals surface area (Å²) in [6, 6.07) is 0. The van der Waals surface area contributed by atoms with Crippen LogP contribution < -0.4 is 0 Å². The highest BCUT2D eigenvalue weighted by molar-refractivity contribution is 5.30. The van der Waals surface area contributed by atoms with Crippen molar-refractivity contribution in [1.82, 2.24) is 0 Å². The zero-order valence-electron chi connectivity index (χ0n) is 16.1. The van der Waals surface area contributed by atoms with Crippen molar-refractivity contribution in [3.05, 3.63) is 47.0 Å². The Kier molecular flexibility index (Phi) is 13.3. The Morgan fingerprint density at radius 2 is 1.17 bits per heavy atom. The lowest BCUT2D eigenvalue weighted by Gasteiger charge is -2.14. The number of hydrogen-bond donors (Lipinski definition) is 0. The highest BCUT2D eigenvalue weighted by Crippen LogP contribution is 2.20.